The van der Waals surface area contributed by atoms with E-state index in [0.29, 0.717) is 22.4 Å². The van der Waals surface area contributed by atoms with E-state index in [1.54, 1.807) is 30.2 Å². The van der Waals surface area contributed by atoms with Crippen LogP contribution >= 0.6 is 11.8 Å². The Morgan fingerprint density at radius 1 is 1.27 bits per heavy atom. The van der Waals surface area contributed by atoms with E-state index in [1.807, 2.05) is 0 Å². The SMILES string of the molecule is COCC(=O)N=C1S[C@@H]2CS(=O)(=O)C[C@H]2N1c1ccc(OC)cc1OC. The third-order valence-corrected chi connectivity index (χ3v) is 7.41. The third-order valence-electron chi connectivity index (χ3n) is 4.20. The van der Waals surface area contributed by atoms with Gasteiger partial charge in [0.15, 0.2) is 15.0 Å². The number of fused-ring (bicyclic) bond motifs is 1. The molecule has 142 valence electrons. The average Bonchev–Trinajstić information content (AvgIpc) is 3.05. The second kappa shape index (κ2) is 7.45. The summed E-state index contributed by atoms with van der Waals surface area (Å²) in [6, 6.07) is 4.95. The Hall–Kier alpha value is -1.78. The van der Waals surface area contributed by atoms with Crippen LogP contribution in [0.15, 0.2) is 23.2 Å². The summed E-state index contributed by atoms with van der Waals surface area (Å²) < 4.78 is 39.7. The van der Waals surface area contributed by atoms with Crippen molar-refractivity contribution in [3.8, 4) is 11.5 Å². The van der Waals surface area contributed by atoms with E-state index in [9.17, 15) is 13.2 Å². The molecule has 0 aliphatic carbocycles. The van der Waals surface area contributed by atoms with Gasteiger partial charge >= 0.3 is 0 Å². The number of anilines is 1. The van der Waals surface area contributed by atoms with Gasteiger partial charge in [0.1, 0.15) is 18.1 Å². The summed E-state index contributed by atoms with van der Waals surface area (Å²) in [6.07, 6.45) is 0. The molecule has 0 bridgehead atoms. The van der Waals surface area contributed by atoms with Gasteiger partial charge in [0.05, 0.1) is 37.5 Å². The van der Waals surface area contributed by atoms with Crippen molar-refractivity contribution in [3.05, 3.63) is 18.2 Å². The first kappa shape index (κ1) is 19.0. The van der Waals surface area contributed by atoms with Crippen LogP contribution in [-0.4, -0.2) is 70.2 Å². The number of nitrogens with zero attached hydrogens (tertiary/aromatic N) is 2. The van der Waals surface area contributed by atoms with E-state index >= 15 is 0 Å². The summed E-state index contributed by atoms with van der Waals surface area (Å²) in [5, 5.41) is 0.279. The largest absolute Gasteiger partial charge is 0.497 e. The van der Waals surface area contributed by atoms with Crippen LogP contribution in [0.5, 0.6) is 11.5 Å². The van der Waals surface area contributed by atoms with Gasteiger partial charge in [-0.3, -0.25) is 4.79 Å². The molecule has 2 aliphatic heterocycles. The van der Waals surface area contributed by atoms with Gasteiger partial charge in [0.25, 0.3) is 5.91 Å². The first-order valence-electron chi connectivity index (χ1n) is 7.87. The lowest BCUT2D eigenvalue weighted by Crippen LogP contribution is -2.38. The number of methoxy groups -OCH3 is 3. The number of rotatable bonds is 5. The lowest BCUT2D eigenvalue weighted by atomic mass is 10.2. The maximum atomic E-state index is 12.1. The van der Waals surface area contributed by atoms with Gasteiger partial charge in [-0.2, -0.15) is 4.99 Å². The number of sulfone groups is 1. The fraction of sp³-hybridized carbons (Fsp3) is 0.500. The Kier molecular flexibility index (Phi) is 5.44. The first-order chi connectivity index (χ1) is 12.4. The van der Waals surface area contributed by atoms with Crippen LogP contribution in [-0.2, 0) is 19.4 Å². The van der Waals surface area contributed by atoms with Crippen LogP contribution in [0.2, 0.25) is 0 Å². The van der Waals surface area contributed by atoms with Crippen LogP contribution in [0.1, 0.15) is 0 Å². The Morgan fingerprint density at radius 3 is 2.69 bits per heavy atom. The minimum absolute atomic E-state index is 0.0112. The topological polar surface area (TPSA) is 94.5 Å². The molecule has 1 aromatic carbocycles. The average molecular weight is 400 g/mol. The summed E-state index contributed by atoms with van der Waals surface area (Å²) >= 11 is 1.30. The van der Waals surface area contributed by atoms with E-state index in [0.717, 1.165) is 0 Å². The van der Waals surface area contributed by atoms with Crippen molar-refractivity contribution in [1.82, 2.24) is 0 Å². The van der Waals surface area contributed by atoms with Gasteiger partial charge in [-0.25, -0.2) is 8.42 Å². The molecule has 2 saturated heterocycles. The number of amides is 1. The molecule has 0 N–H and O–H groups in total. The van der Waals surface area contributed by atoms with Crippen LogP contribution in [0.3, 0.4) is 0 Å². The summed E-state index contributed by atoms with van der Waals surface area (Å²) in [5.74, 6) is 0.783. The molecule has 8 nitrogen and oxygen atoms in total. The van der Waals surface area contributed by atoms with Gasteiger partial charge in [0, 0.05) is 18.4 Å². The van der Waals surface area contributed by atoms with E-state index in [-0.39, 0.29) is 29.4 Å². The van der Waals surface area contributed by atoms with Gasteiger partial charge in [0.2, 0.25) is 0 Å². The number of benzene rings is 1. The van der Waals surface area contributed by atoms with Crippen LogP contribution in [0, 0.1) is 0 Å². The third kappa shape index (κ3) is 3.67. The molecule has 26 heavy (non-hydrogen) atoms. The Balaban J connectivity index is 2.05. The monoisotopic (exact) mass is 400 g/mol. The van der Waals surface area contributed by atoms with Crippen molar-refractivity contribution in [2.45, 2.75) is 11.3 Å². The molecular weight excluding hydrogens is 380 g/mol. The summed E-state index contributed by atoms with van der Waals surface area (Å²) in [5.41, 5.74) is 0.648. The molecule has 10 heteroatoms. The van der Waals surface area contributed by atoms with Crippen LogP contribution in [0.4, 0.5) is 5.69 Å². The molecule has 0 aromatic heterocycles. The number of hydrogen-bond donors (Lipinski definition) is 0. The highest BCUT2D eigenvalue weighted by Crippen LogP contribution is 2.44. The summed E-state index contributed by atoms with van der Waals surface area (Å²) in [7, 11) is 1.37. The zero-order valence-electron chi connectivity index (χ0n) is 14.7. The van der Waals surface area contributed by atoms with Crippen molar-refractivity contribution in [2.24, 2.45) is 4.99 Å². The minimum atomic E-state index is -3.13. The normalized spacial score (nSPS) is 25.3. The molecule has 2 atom stereocenters. The molecule has 3 rings (SSSR count). The fourth-order valence-corrected chi connectivity index (χ4v) is 7.02. The Morgan fingerprint density at radius 2 is 2.04 bits per heavy atom. The molecule has 2 aliphatic rings. The number of carbonyl (C=O) groups is 1. The van der Waals surface area contributed by atoms with Gasteiger partial charge in [-0.15, -0.1) is 0 Å². The first-order valence-corrected chi connectivity index (χ1v) is 10.6. The van der Waals surface area contributed by atoms with Crippen LogP contribution < -0.4 is 14.4 Å². The van der Waals surface area contributed by atoms with Crippen molar-refractivity contribution in [3.63, 3.8) is 0 Å². The number of ether oxygens (including phenoxy) is 3. The molecule has 0 saturated carbocycles. The summed E-state index contributed by atoms with van der Waals surface area (Å²) in [4.78, 5) is 17.9. The highest BCUT2D eigenvalue weighted by molar-refractivity contribution is 8.16. The molecule has 0 radical (unpaired) electrons. The highest BCUT2D eigenvalue weighted by Gasteiger charge is 2.50. The zero-order chi connectivity index (χ0) is 18.9. The van der Waals surface area contributed by atoms with Crippen molar-refractivity contribution >= 4 is 38.4 Å². The molecule has 2 heterocycles. The van der Waals surface area contributed by atoms with Gasteiger partial charge in [-0.05, 0) is 12.1 Å². The lowest BCUT2D eigenvalue weighted by molar-refractivity contribution is -0.121. The zero-order valence-corrected chi connectivity index (χ0v) is 16.3. The molecule has 2 fully saturated rings. The standard InChI is InChI=1S/C16H20N2O6S2/c1-22-7-15(19)17-16-18(12-8-26(20,21)9-14(12)25-16)11-5-4-10(23-2)6-13(11)24-3/h4-6,12,14H,7-9H2,1-3H3/t12-,14-/m1/s1. The lowest BCUT2D eigenvalue weighted by Gasteiger charge is -2.26. The predicted octanol–water partition coefficient (Wildman–Crippen LogP) is 0.952. The minimum Gasteiger partial charge on any atom is -0.497 e. The van der Waals surface area contributed by atoms with E-state index < -0.39 is 15.7 Å². The number of thioether (sulfide) groups is 1. The Labute approximate surface area is 156 Å². The smallest absolute Gasteiger partial charge is 0.274 e. The molecule has 1 amide bonds. The highest BCUT2D eigenvalue weighted by atomic mass is 32.2. The van der Waals surface area contributed by atoms with Crippen LogP contribution in [0.25, 0.3) is 0 Å². The second-order valence-corrected chi connectivity index (χ2v) is 9.29. The summed E-state index contributed by atoms with van der Waals surface area (Å²) in [6.45, 7) is -0.134. The second-order valence-electron chi connectivity index (χ2n) is 5.93. The quantitative estimate of drug-likeness (QED) is 0.721. The van der Waals surface area contributed by atoms with E-state index in [2.05, 4.69) is 4.99 Å². The number of aliphatic imine (C=N–C) groups is 1. The van der Waals surface area contributed by atoms with Crippen molar-refractivity contribution in [1.29, 1.82) is 0 Å². The van der Waals surface area contributed by atoms with E-state index in [4.69, 9.17) is 14.2 Å². The number of amidine groups is 1. The van der Waals surface area contributed by atoms with Crippen molar-refractivity contribution in [2.75, 3.05) is 44.3 Å². The van der Waals surface area contributed by atoms with Gasteiger partial charge in [-0.1, -0.05) is 11.8 Å². The number of hydrogen-bond acceptors (Lipinski definition) is 7. The maximum absolute atomic E-state index is 12.1. The predicted molar refractivity (Wildman–Crippen MR) is 100 cm³/mol. The molecule has 1 aromatic rings. The van der Waals surface area contributed by atoms with Gasteiger partial charge < -0.3 is 19.1 Å². The molecule has 0 spiro atoms. The molecule has 0 unspecified atom stereocenters. The maximum Gasteiger partial charge on any atom is 0.274 e. The number of carbonyl (C=O) groups excluding carboxylic acids is 1. The Bertz CT molecular complexity index is 839. The van der Waals surface area contributed by atoms with E-state index in [1.165, 1.54) is 26.0 Å². The van der Waals surface area contributed by atoms with Crippen molar-refractivity contribution < 1.29 is 27.4 Å². The fourth-order valence-electron chi connectivity index (χ4n) is 3.09. The molecular formula is C16H20N2O6S2.